The Morgan fingerprint density at radius 3 is 2.60 bits per heavy atom. The lowest BCUT2D eigenvalue weighted by Crippen LogP contribution is -2.25. The molecule has 0 unspecified atom stereocenters. The Labute approximate surface area is 87.0 Å². The minimum absolute atomic E-state index is 0.0364. The molecule has 1 fully saturated rings. The van der Waals surface area contributed by atoms with Crippen LogP contribution in [0.15, 0.2) is 12.1 Å². The molecule has 0 heterocycles. The van der Waals surface area contributed by atoms with Gasteiger partial charge in [0.1, 0.15) is 5.82 Å². The van der Waals surface area contributed by atoms with Crippen LogP contribution >= 0.6 is 0 Å². The van der Waals surface area contributed by atoms with Crippen LogP contribution in [0.5, 0.6) is 5.75 Å². The van der Waals surface area contributed by atoms with Gasteiger partial charge in [0.15, 0.2) is 11.6 Å². The molecule has 2 N–H and O–H groups in total. The van der Waals surface area contributed by atoms with Crippen LogP contribution in [0.2, 0.25) is 0 Å². The molecule has 1 aliphatic rings. The summed E-state index contributed by atoms with van der Waals surface area (Å²) in [4.78, 5) is 0. The van der Waals surface area contributed by atoms with E-state index >= 15 is 0 Å². The summed E-state index contributed by atoms with van der Waals surface area (Å²) in [7, 11) is 1.36. The number of hydrogen-bond donors (Lipinski definition) is 1. The van der Waals surface area contributed by atoms with Crippen LogP contribution in [0, 0.1) is 11.6 Å². The van der Waals surface area contributed by atoms with Gasteiger partial charge in [0.2, 0.25) is 0 Å². The SMILES string of the molecule is COc1ccc(F)c(CC2(N)CC2)c1F. The number of hydrogen-bond acceptors (Lipinski definition) is 2. The molecule has 0 spiro atoms. The molecule has 0 atom stereocenters. The van der Waals surface area contributed by atoms with Crippen LogP contribution in [0.4, 0.5) is 8.78 Å². The highest BCUT2D eigenvalue weighted by Crippen LogP contribution is 2.37. The van der Waals surface area contributed by atoms with E-state index in [2.05, 4.69) is 0 Å². The molecule has 0 radical (unpaired) electrons. The van der Waals surface area contributed by atoms with E-state index in [1.165, 1.54) is 19.2 Å². The smallest absolute Gasteiger partial charge is 0.171 e. The van der Waals surface area contributed by atoms with Crippen molar-refractivity contribution in [1.29, 1.82) is 0 Å². The Balaban J connectivity index is 2.35. The molecule has 0 bridgehead atoms. The first-order valence-corrected chi connectivity index (χ1v) is 4.85. The van der Waals surface area contributed by atoms with Crippen LogP contribution in [-0.2, 0) is 6.42 Å². The van der Waals surface area contributed by atoms with E-state index in [4.69, 9.17) is 10.5 Å². The zero-order chi connectivity index (χ0) is 11.1. The highest BCUT2D eigenvalue weighted by molar-refractivity contribution is 5.34. The third kappa shape index (κ3) is 1.95. The van der Waals surface area contributed by atoms with Gasteiger partial charge in [-0.3, -0.25) is 0 Å². The molecule has 0 aliphatic heterocycles. The van der Waals surface area contributed by atoms with Crippen LogP contribution < -0.4 is 10.5 Å². The van der Waals surface area contributed by atoms with Gasteiger partial charge in [0.25, 0.3) is 0 Å². The van der Waals surface area contributed by atoms with E-state index in [0.29, 0.717) is 0 Å². The summed E-state index contributed by atoms with van der Waals surface area (Å²) in [6.07, 6.45) is 1.88. The molecule has 1 aliphatic carbocycles. The van der Waals surface area contributed by atoms with Gasteiger partial charge in [-0.2, -0.15) is 0 Å². The summed E-state index contributed by atoms with van der Waals surface area (Å²) in [5.41, 5.74) is 5.46. The summed E-state index contributed by atoms with van der Waals surface area (Å²) in [5, 5.41) is 0. The first kappa shape index (κ1) is 10.4. The van der Waals surface area contributed by atoms with Crippen LogP contribution in [0.1, 0.15) is 18.4 Å². The number of benzene rings is 1. The molecule has 4 heteroatoms. The predicted molar refractivity (Wildman–Crippen MR) is 52.8 cm³/mol. The van der Waals surface area contributed by atoms with E-state index in [9.17, 15) is 8.78 Å². The van der Waals surface area contributed by atoms with Crippen molar-refractivity contribution >= 4 is 0 Å². The normalized spacial score (nSPS) is 17.6. The summed E-state index contributed by atoms with van der Waals surface area (Å²) >= 11 is 0. The maximum absolute atomic E-state index is 13.7. The van der Waals surface area contributed by atoms with Crippen molar-refractivity contribution < 1.29 is 13.5 Å². The third-order valence-electron chi connectivity index (χ3n) is 2.79. The topological polar surface area (TPSA) is 35.2 Å². The second-order valence-electron chi connectivity index (χ2n) is 4.08. The molecule has 0 saturated heterocycles. The molecule has 1 saturated carbocycles. The van der Waals surface area contributed by atoms with Crippen molar-refractivity contribution in [3.63, 3.8) is 0 Å². The van der Waals surface area contributed by atoms with Gasteiger partial charge in [-0.05, 0) is 31.4 Å². The molecule has 82 valence electrons. The van der Waals surface area contributed by atoms with Gasteiger partial charge in [-0.1, -0.05) is 0 Å². The second kappa shape index (κ2) is 3.45. The van der Waals surface area contributed by atoms with Crippen LogP contribution in [-0.4, -0.2) is 12.6 Å². The van der Waals surface area contributed by atoms with Gasteiger partial charge < -0.3 is 10.5 Å². The molecule has 2 nitrogen and oxygen atoms in total. The monoisotopic (exact) mass is 213 g/mol. The van der Waals surface area contributed by atoms with E-state index in [1.54, 1.807) is 0 Å². The average molecular weight is 213 g/mol. The fourth-order valence-electron chi connectivity index (χ4n) is 1.59. The van der Waals surface area contributed by atoms with Crippen molar-refractivity contribution in [3.8, 4) is 5.75 Å². The van der Waals surface area contributed by atoms with Gasteiger partial charge in [0.05, 0.1) is 7.11 Å². The van der Waals surface area contributed by atoms with Gasteiger partial charge in [-0.25, -0.2) is 8.78 Å². The average Bonchev–Trinajstić information content (AvgIpc) is 2.92. The summed E-state index contributed by atoms with van der Waals surface area (Å²) in [6.45, 7) is 0. The predicted octanol–water partition coefficient (Wildman–Crippen LogP) is 2.01. The molecule has 1 aromatic carbocycles. The molecule has 2 rings (SSSR count). The van der Waals surface area contributed by atoms with Gasteiger partial charge in [0, 0.05) is 11.1 Å². The maximum atomic E-state index is 13.7. The molecular formula is C11H13F2NO. The largest absolute Gasteiger partial charge is 0.494 e. The van der Waals surface area contributed by atoms with Crippen molar-refractivity contribution in [2.24, 2.45) is 5.73 Å². The summed E-state index contributed by atoms with van der Waals surface area (Å²) < 4.78 is 31.8. The lowest BCUT2D eigenvalue weighted by Gasteiger charge is -2.12. The summed E-state index contributed by atoms with van der Waals surface area (Å²) in [5.74, 6) is -1.12. The first-order valence-electron chi connectivity index (χ1n) is 4.85. The quantitative estimate of drug-likeness (QED) is 0.833. The number of halogens is 2. The molecule has 15 heavy (non-hydrogen) atoms. The Kier molecular flexibility index (Phi) is 2.38. The van der Waals surface area contributed by atoms with Crippen LogP contribution in [0.25, 0.3) is 0 Å². The Morgan fingerprint density at radius 2 is 2.07 bits per heavy atom. The number of methoxy groups -OCH3 is 1. The zero-order valence-corrected chi connectivity index (χ0v) is 8.52. The fraction of sp³-hybridized carbons (Fsp3) is 0.455. The molecule has 0 amide bonds. The molecule has 1 aromatic rings. The Bertz CT molecular complexity index is 388. The molecular weight excluding hydrogens is 200 g/mol. The highest BCUT2D eigenvalue weighted by atomic mass is 19.1. The van der Waals surface area contributed by atoms with Gasteiger partial charge >= 0.3 is 0 Å². The van der Waals surface area contributed by atoms with E-state index in [1.807, 2.05) is 0 Å². The first-order chi connectivity index (χ1) is 7.06. The fourth-order valence-corrected chi connectivity index (χ4v) is 1.59. The van der Waals surface area contributed by atoms with E-state index in [-0.39, 0.29) is 17.7 Å². The lowest BCUT2D eigenvalue weighted by molar-refractivity contribution is 0.379. The number of ether oxygens (including phenoxy) is 1. The minimum Gasteiger partial charge on any atom is -0.494 e. The van der Waals surface area contributed by atoms with Crippen molar-refractivity contribution in [2.75, 3.05) is 7.11 Å². The zero-order valence-electron chi connectivity index (χ0n) is 8.52. The van der Waals surface area contributed by atoms with E-state index in [0.717, 1.165) is 12.8 Å². The Morgan fingerprint density at radius 1 is 1.40 bits per heavy atom. The van der Waals surface area contributed by atoms with Crippen molar-refractivity contribution in [2.45, 2.75) is 24.8 Å². The van der Waals surface area contributed by atoms with Crippen molar-refractivity contribution in [1.82, 2.24) is 0 Å². The molecule has 0 aromatic heterocycles. The number of nitrogens with two attached hydrogens (primary N) is 1. The van der Waals surface area contributed by atoms with Gasteiger partial charge in [-0.15, -0.1) is 0 Å². The minimum atomic E-state index is -0.630. The Hall–Kier alpha value is -1.16. The maximum Gasteiger partial charge on any atom is 0.171 e. The van der Waals surface area contributed by atoms with E-state index < -0.39 is 17.2 Å². The standard InChI is InChI=1S/C11H13F2NO/c1-15-9-3-2-8(12)7(10(9)13)6-11(14)4-5-11/h2-3H,4-6,14H2,1H3. The lowest BCUT2D eigenvalue weighted by atomic mass is 10.0. The third-order valence-corrected chi connectivity index (χ3v) is 2.79. The second-order valence-corrected chi connectivity index (χ2v) is 4.08. The van der Waals surface area contributed by atoms with Crippen molar-refractivity contribution in [3.05, 3.63) is 29.3 Å². The highest BCUT2D eigenvalue weighted by Gasteiger charge is 2.39. The van der Waals surface area contributed by atoms with Crippen LogP contribution in [0.3, 0.4) is 0 Å². The summed E-state index contributed by atoms with van der Waals surface area (Å²) in [6, 6.07) is 2.49. The number of rotatable bonds is 3.